The molecule has 8 heteroatoms. The lowest BCUT2D eigenvalue weighted by atomic mass is 10.2. The van der Waals surface area contributed by atoms with Crippen LogP contribution in [0.15, 0.2) is 34.5 Å². The zero-order chi connectivity index (χ0) is 14.8. The predicted molar refractivity (Wildman–Crippen MR) is 77.8 cm³/mol. The summed E-state index contributed by atoms with van der Waals surface area (Å²) in [7, 11) is -2.41. The maximum absolute atomic E-state index is 12.2. The molecular formula is C12H9ClN2O3S2. The van der Waals surface area contributed by atoms with Gasteiger partial charge in [0.2, 0.25) is 0 Å². The normalized spacial score (nSPS) is 10.8. The van der Waals surface area contributed by atoms with E-state index in [1.54, 1.807) is 12.1 Å². The van der Waals surface area contributed by atoms with Crippen molar-refractivity contribution in [2.45, 2.75) is 4.21 Å². The Balaban J connectivity index is 2.47. The van der Waals surface area contributed by atoms with E-state index in [1.165, 1.54) is 25.3 Å². The number of benzene rings is 1. The average molecular weight is 329 g/mol. The summed E-state index contributed by atoms with van der Waals surface area (Å²) in [5, 5.41) is 9.05. The van der Waals surface area contributed by atoms with Crippen LogP contribution in [0.3, 0.4) is 0 Å². The molecule has 0 aliphatic rings. The summed E-state index contributed by atoms with van der Waals surface area (Å²) in [6.45, 7) is 0. The largest absolute Gasteiger partial charge is 0.495 e. The SMILES string of the molecule is COc1cccc(C#N)c1NS(=O)(=O)c1ccc(Cl)s1. The van der Waals surface area contributed by atoms with Crippen molar-refractivity contribution in [2.24, 2.45) is 0 Å². The van der Waals surface area contributed by atoms with Crippen LogP contribution < -0.4 is 9.46 Å². The average Bonchev–Trinajstić information content (AvgIpc) is 2.86. The summed E-state index contributed by atoms with van der Waals surface area (Å²) in [5.41, 5.74) is 0.289. The Morgan fingerprint density at radius 2 is 2.10 bits per heavy atom. The van der Waals surface area contributed by atoms with Crippen LogP contribution in [0.1, 0.15) is 5.56 Å². The van der Waals surface area contributed by atoms with Gasteiger partial charge in [-0.1, -0.05) is 17.7 Å². The fourth-order valence-corrected chi connectivity index (χ4v) is 4.10. The Bertz CT molecular complexity index is 778. The smallest absolute Gasteiger partial charge is 0.271 e. The molecule has 5 nitrogen and oxygen atoms in total. The first-order valence-corrected chi connectivity index (χ1v) is 8.01. The lowest BCUT2D eigenvalue weighted by molar-refractivity contribution is 0.417. The van der Waals surface area contributed by atoms with Gasteiger partial charge in [0.25, 0.3) is 10.0 Å². The molecule has 1 N–H and O–H groups in total. The van der Waals surface area contributed by atoms with E-state index in [9.17, 15) is 8.42 Å². The fourth-order valence-electron chi connectivity index (χ4n) is 1.53. The summed E-state index contributed by atoms with van der Waals surface area (Å²) < 4.78 is 32.3. The third-order valence-electron chi connectivity index (χ3n) is 2.42. The Morgan fingerprint density at radius 1 is 1.35 bits per heavy atom. The van der Waals surface area contributed by atoms with E-state index in [2.05, 4.69) is 4.72 Å². The summed E-state index contributed by atoms with van der Waals surface area (Å²) in [6, 6.07) is 9.49. The van der Waals surface area contributed by atoms with Crippen molar-refractivity contribution in [3.05, 3.63) is 40.2 Å². The van der Waals surface area contributed by atoms with Crippen LogP contribution >= 0.6 is 22.9 Å². The number of anilines is 1. The van der Waals surface area contributed by atoms with Crippen molar-refractivity contribution < 1.29 is 13.2 Å². The molecule has 0 fully saturated rings. The van der Waals surface area contributed by atoms with Gasteiger partial charge in [0.05, 0.1) is 17.0 Å². The summed E-state index contributed by atoms with van der Waals surface area (Å²) in [6.07, 6.45) is 0. The minimum atomic E-state index is -3.80. The maximum Gasteiger partial charge on any atom is 0.271 e. The summed E-state index contributed by atoms with van der Waals surface area (Å²) in [5.74, 6) is 0.273. The van der Waals surface area contributed by atoms with Crippen LogP contribution in [-0.2, 0) is 10.0 Å². The van der Waals surface area contributed by atoms with E-state index in [-0.39, 0.29) is 21.2 Å². The second-order valence-electron chi connectivity index (χ2n) is 3.66. The van der Waals surface area contributed by atoms with E-state index in [1.807, 2.05) is 6.07 Å². The zero-order valence-electron chi connectivity index (χ0n) is 10.3. The number of nitrogens with one attached hydrogen (secondary N) is 1. The molecule has 0 bridgehead atoms. The first-order valence-electron chi connectivity index (χ1n) is 5.33. The molecule has 20 heavy (non-hydrogen) atoms. The number of rotatable bonds is 4. The molecule has 104 valence electrons. The van der Waals surface area contributed by atoms with Crippen molar-refractivity contribution in [1.82, 2.24) is 0 Å². The molecule has 0 amide bonds. The number of ether oxygens (including phenoxy) is 1. The highest BCUT2D eigenvalue weighted by atomic mass is 35.5. The molecule has 0 atom stereocenters. The Hall–Kier alpha value is -1.75. The minimum Gasteiger partial charge on any atom is -0.495 e. The van der Waals surface area contributed by atoms with Gasteiger partial charge in [0.1, 0.15) is 21.7 Å². The highest BCUT2D eigenvalue weighted by Crippen LogP contribution is 2.32. The van der Waals surface area contributed by atoms with Gasteiger partial charge in [-0.05, 0) is 24.3 Å². The minimum absolute atomic E-state index is 0.0669. The van der Waals surface area contributed by atoms with Gasteiger partial charge in [0, 0.05) is 0 Å². The van der Waals surface area contributed by atoms with Crippen molar-refractivity contribution >= 4 is 38.6 Å². The van der Waals surface area contributed by atoms with E-state index >= 15 is 0 Å². The topological polar surface area (TPSA) is 79.2 Å². The van der Waals surface area contributed by atoms with E-state index < -0.39 is 10.0 Å². The highest BCUT2D eigenvalue weighted by molar-refractivity contribution is 7.94. The number of hydrogen-bond donors (Lipinski definition) is 1. The van der Waals surface area contributed by atoms with Gasteiger partial charge >= 0.3 is 0 Å². The molecular weight excluding hydrogens is 320 g/mol. The van der Waals surface area contributed by atoms with Crippen LogP contribution in [0.4, 0.5) is 5.69 Å². The molecule has 0 aliphatic heterocycles. The number of halogens is 1. The van der Waals surface area contributed by atoms with Crippen molar-refractivity contribution in [3.8, 4) is 11.8 Å². The zero-order valence-corrected chi connectivity index (χ0v) is 12.6. The lowest BCUT2D eigenvalue weighted by Crippen LogP contribution is -2.13. The third-order valence-corrected chi connectivity index (χ3v) is 5.49. The molecule has 2 aromatic rings. The number of nitriles is 1. The number of thiophene rings is 1. The van der Waals surface area contributed by atoms with Crippen molar-refractivity contribution in [1.29, 1.82) is 5.26 Å². The van der Waals surface area contributed by atoms with Gasteiger partial charge in [-0.2, -0.15) is 5.26 Å². The monoisotopic (exact) mass is 328 g/mol. The molecule has 1 aromatic carbocycles. The summed E-state index contributed by atoms with van der Waals surface area (Å²) in [4.78, 5) is 0. The molecule has 0 unspecified atom stereocenters. The van der Waals surface area contributed by atoms with E-state index in [0.717, 1.165) is 11.3 Å². The quantitative estimate of drug-likeness (QED) is 0.935. The second-order valence-corrected chi connectivity index (χ2v) is 7.28. The molecule has 2 rings (SSSR count). The van der Waals surface area contributed by atoms with Gasteiger partial charge in [-0.15, -0.1) is 11.3 Å². The van der Waals surface area contributed by atoms with E-state index in [4.69, 9.17) is 21.6 Å². The molecule has 1 heterocycles. The highest BCUT2D eigenvalue weighted by Gasteiger charge is 2.20. The first kappa shape index (κ1) is 14.7. The molecule has 1 aromatic heterocycles. The number of sulfonamides is 1. The molecule has 0 saturated carbocycles. The standard InChI is InChI=1S/C12H9ClN2O3S2/c1-18-9-4-2-3-8(7-14)12(9)15-20(16,17)11-6-5-10(13)19-11/h2-6,15H,1H3. The number of methoxy groups -OCH3 is 1. The number of para-hydroxylation sites is 1. The van der Waals surface area contributed by atoms with Crippen molar-refractivity contribution in [2.75, 3.05) is 11.8 Å². The molecule has 0 aliphatic carbocycles. The van der Waals surface area contributed by atoms with E-state index in [0.29, 0.717) is 4.34 Å². The first-order chi connectivity index (χ1) is 9.47. The van der Waals surface area contributed by atoms with Crippen LogP contribution in [-0.4, -0.2) is 15.5 Å². The fraction of sp³-hybridized carbons (Fsp3) is 0.0833. The number of nitrogens with zero attached hydrogens (tertiary/aromatic N) is 1. The second kappa shape index (κ2) is 5.71. The van der Waals surface area contributed by atoms with Crippen molar-refractivity contribution in [3.63, 3.8) is 0 Å². The predicted octanol–water partition coefficient (Wildman–Crippen LogP) is 3.08. The van der Waals surface area contributed by atoms with Gasteiger partial charge in [-0.25, -0.2) is 8.42 Å². The maximum atomic E-state index is 12.2. The van der Waals surface area contributed by atoms with Crippen LogP contribution in [0.25, 0.3) is 0 Å². The molecule has 0 saturated heterocycles. The van der Waals surface area contributed by atoms with Crippen LogP contribution in [0.5, 0.6) is 5.75 Å². The van der Waals surface area contributed by atoms with Gasteiger partial charge in [0.15, 0.2) is 0 Å². The van der Waals surface area contributed by atoms with Gasteiger partial charge < -0.3 is 4.74 Å². The van der Waals surface area contributed by atoms with Crippen LogP contribution in [0, 0.1) is 11.3 Å². The lowest BCUT2D eigenvalue weighted by Gasteiger charge is -2.12. The third kappa shape index (κ3) is 2.88. The Morgan fingerprint density at radius 3 is 2.65 bits per heavy atom. The summed E-state index contributed by atoms with van der Waals surface area (Å²) >= 11 is 6.67. The molecule has 0 radical (unpaired) electrons. The Labute approximate surface area is 125 Å². The Kier molecular flexibility index (Phi) is 4.18. The van der Waals surface area contributed by atoms with Gasteiger partial charge in [-0.3, -0.25) is 4.72 Å². The number of hydrogen-bond acceptors (Lipinski definition) is 5. The molecule has 0 spiro atoms. The van der Waals surface area contributed by atoms with Crippen LogP contribution in [0.2, 0.25) is 4.34 Å².